The number of nitrogens with zero attached hydrogens (tertiary/aromatic N) is 2. The molecule has 0 saturated heterocycles. The van der Waals surface area contributed by atoms with E-state index in [-0.39, 0.29) is 5.97 Å². The number of hydrogen-bond donors (Lipinski definition) is 1. The number of alkyl carbamates (subject to hydrolysis) is 1. The van der Waals surface area contributed by atoms with Gasteiger partial charge in [-0.2, -0.15) is 22.0 Å². The molecule has 0 unspecified atom stereocenters. The molecule has 0 radical (unpaired) electrons. The number of rotatable bonds is 13. The zero-order chi connectivity index (χ0) is 24.7. The summed E-state index contributed by atoms with van der Waals surface area (Å²) in [6, 6.07) is 17.6. The molecule has 34 heavy (non-hydrogen) atoms. The molecule has 2 aromatic carbocycles. The molecule has 184 valence electrons. The molecule has 0 bridgehead atoms. The number of thioether (sulfide) groups is 1. The quantitative estimate of drug-likeness (QED) is 0.188. The Kier molecular flexibility index (Phi) is 12.2. The van der Waals surface area contributed by atoms with Crippen molar-refractivity contribution in [1.29, 1.82) is 0 Å². The molecule has 0 saturated carbocycles. The molecule has 0 atom stereocenters. The zero-order valence-corrected chi connectivity index (χ0v) is 21.1. The van der Waals surface area contributed by atoms with E-state index >= 15 is 0 Å². The summed E-state index contributed by atoms with van der Waals surface area (Å²) >= 11 is 1.72. The van der Waals surface area contributed by atoms with Gasteiger partial charge in [0.15, 0.2) is 0 Å². The van der Waals surface area contributed by atoms with E-state index in [4.69, 9.17) is 9.47 Å². The average Bonchev–Trinajstić information content (AvgIpc) is 2.80. The van der Waals surface area contributed by atoms with Crippen LogP contribution in [0.4, 0.5) is 16.2 Å². The first-order valence-electron chi connectivity index (χ1n) is 11.6. The SMILES string of the molecule is CC(C)(C)OC(=O)NCCCCCC(=O)OCCSCc1ccc(N=Nc2ccccc2)cc1. The minimum Gasteiger partial charge on any atom is -0.465 e. The van der Waals surface area contributed by atoms with E-state index in [0.717, 1.165) is 42.1 Å². The standard InChI is InChI=1S/C26H35N3O4S/c1-26(2,3)33-25(31)27-17-9-5-8-12-24(30)32-18-19-34-20-21-13-15-23(16-14-21)29-28-22-10-6-4-7-11-22/h4,6-7,10-11,13-16H,5,8-9,12,17-20H2,1-3H3,(H,27,31). The Morgan fingerprint density at radius 2 is 1.59 bits per heavy atom. The monoisotopic (exact) mass is 485 g/mol. The smallest absolute Gasteiger partial charge is 0.407 e. The van der Waals surface area contributed by atoms with Crippen molar-refractivity contribution in [2.45, 2.75) is 57.8 Å². The maximum atomic E-state index is 11.8. The van der Waals surface area contributed by atoms with Gasteiger partial charge in [-0.3, -0.25) is 4.79 Å². The zero-order valence-electron chi connectivity index (χ0n) is 20.3. The number of amides is 1. The fourth-order valence-electron chi connectivity index (χ4n) is 2.82. The second kappa shape index (κ2) is 15.1. The lowest BCUT2D eigenvalue weighted by atomic mass is 10.2. The van der Waals surface area contributed by atoms with E-state index < -0.39 is 11.7 Å². The van der Waals surface area contributed by atoms with E-state index in [2.05, 4.69) is 15.5 Å². The van der Waals surface area contributed by atoms with Crippen LogP contribution in [0.15, 0.2) is 64.8 Å². The molecule has 1 amide bonds. The maximum absolute atomic E-state index is 11.8. The van der Waals surface area contributed by atoms with Gasteiger partial charge < -0.3 is 14.8 Å². The van der Waals surface area contributed by atoms with E-state index in [1.54, 1.807) is 11.8 Å². The second-order valence-corrected chi connectivity index (χ2v) is 9.82. The van der Waals surface area contributed by atoms with Gasteiger partial charge in [0.25, 0.3) is 0 Å². The number of carbonyl (C=O) groups is 2. The Morgan fingerprint density at radius 3 is 2.26 bits per heavy atom. The van der Waals surface area contributed by atoms with Crippen LogP contribution in [-0.4, -0.2) is 36.6 Å². The first-order chi connectivity index (χ1) is 16.3. The normalized spacial score (nSPS) is 11.4. The lowest BCUT2D eigenvalue weighted by Crippen LogP contribution is -2.32. The number of azo groups is 1. The highest BCUT2D eigenvalue weighted by Gasteiger charge is 2.15. The largest absolute Gasteiger partial charge is 0.465 e. The van der Waals surface area contributed by atoms with Crippen molar-refractivity contribution in [3.05, 3.63) is 60.2 Å². The summed E-state index contributed by atoms with van der Waals surface area (Å²) < 4.78 is 10.5. The molecule has 0 aliphatic rings. The minimum absolute atomic E-state index is 0.172. The van der Waals surface area contributed by atoms with Crippen molar-refractivity contribution in [3.8, 4) is 0 Å². The summed E-state index contributed by atoms with van der Waals surface area (Å²) in [5.41, 5.74) is 2.33. The second-order valence-electron chi connectivity index (χ2n) is 8.71. The topological polar surface area (TPSA) is 89.3 Å². The molecular formula is C26H35N3O4S. The highest BCUT2D eigenvalue weighted by Crippen LogP contribution is 2.20. The first-order valence-corrected chi connectivity index (χ1v) is 12.7. The van der Waals surface area contributed by atoms with Crippen LogP contribution in [-0.2, 0) is 20.0 Å². The van der Waals surface area contributed by atoms with Crippen molar-refractivity contribution in [1.82, 2.24) is 5.32 Å². The number of carbonyl (C=O) groups excluding carboxylic acids is 2. The van der Waals surface area contributed by atoms with Gasteiger partial charge >= 0.3 is 12.1 Å². The van der Waals surface area contributed by atoms with E-state index in [9.17, 15) is 9.59 Å². The molecule has 2 rings (SSSR count). The first kappa shape index (κ1) is 27.4. The molecule has 0 spiro atoms. The van der Waals surface area contributed by atoms with Crippen LogP contribution in [0.1, 0.15) is 52.0 Å². The van der Waals surface area contributed by atoms with Gasteiger partial charge in [-0.05, 0) is 63.4 Å². The number of unbranched alkanes of at least 4 members (excludes halogenated alkanes) is 2. The Bertz CT molecular complexity index is 897. The fraction of sp³-hybridized carbons (Fsp3) is 0.462. The van der Waals surface area contributed by atoms with Crippen LogP contribution >= 0.6 is 11.8 Å². The lowest BCUT2D eigenvalue weighted by Gasteiger charge is -2.19. The van der Waals surface area contributed by atoms with Crippen LogP contribution in [0.25, 0.3) is 0 Å². The molecule has 0 heterocycles. The van der Waals surface area contributed by atoms with Crippen LogP contribution in [0.5, 0.6) is 0 Å². The van der Waals surface area contributed by atoms with E-state index in [1.807, 2.05) is 75.4 Å². The maximum Gasteiger partial charge on any atom is 0.407 e. The Morgan fingerprint density at radius 1 is 0.912 bits per heavy atom. The predicted molar refractivity (Wildman–Crippen MR) is 137 cm³/mol. The van der Waals surface area contributed by atoms with Crippen molar-refractivity contribution in [2.24, 2.45) is 10.2 Å². The van der Waals surface area contributed by atoms with E-state index in [0.29, 0.717) is 19.6 Å². The van der Waals surface area contributed by atoms with Gasteiger partial charge in [-0.25, -0.2) is 4.79 Å². The highest BCUT2D eigenvalue weighted by atomic mass is 32.2. The summed E-state index contributed by atoms with van der Waals surface area (Å²) in [5.74, 6) is 1.42. The van der Waals surface area contributed by atoms with E-state index in [1.165, 1.54) is 5.56 Å². The molecule has 7 nitrogen and oxygen atoms in total. The summed E-state index contributed by atoms with van der Waals surface area (Å²) in [5, 5.41) is 11.2. The third kappa shape index (κ3) is 13.0. The molecule has 2 aromatic rings. The molecule has 0 aromatic heterocycles. The molecular weight excluding hydrogens is 450 g/mol. The highest BCUT2D eigenvalue weighted by molar-refractivity contribution is 7.98. The number of esters is 1. The number of benzene rings is 2. The molecule has 0 aliphatic heterocycles. The molecule has 1 N–H and O–H groups in total. The summed E-state index contributed by atoms with van der Waals surface area (Å²) in [7, 11) is 0. The van der Waals surface area contributed by atoms with Gasteiger partial charge in [0.1, 0.15) is 12.2 Å². The Balaban J connectivity index is 1.48. The lowest BCUT2D eigenvalue weighted by molar-refractivity contribution is -0.143. The predicted octanol–water partition coefficient (Wildman–Crippen LogP) is 6.96. The number of nitrogens with one attached hydrogen (secondary N) is 1. The van der Waals surface area contributed by atoms with Crippen molar-refractivity contribution in [3.63, 3.8) is 0 Å². The molecule has 0 aliphatic carbocycles. The number of hydrogen-bond acceptors (Lipinski definition) is 7. The summed E-state index contributed by atoms with van der Waals surface area (Å²) in [6.45, 7) is 6.44. The third-order valence-corrected chi connectivity index (χ3v) is 5.45. The van der Waals surface area contributed by atoms with Gasteiger partial charge in [0, 0.05) is 24.5 Å². The summed E-state index contributed by atoms with van der Waals surface area (Å²) in [6.07, 6.45) is 2.38. The van der Waals surface area contributed by atoms with Crippen molar-refractivity contribution in [2.75, 3.05) is 18.9 Å². The van der Waals surface area contributed by atoms with Crippen molar-refractivity contribution < 1.29 is 19.1 Å². The van der Waals surface area contributed by atoms with Crippen LogP contribution in [0.2, 0.25) is 0 Å². The van der Waals surface area contributed by atoms with Crippen LogP contribution < -0.4 is 5.32 Å². The van der Waals surface area contributed by atoms with Gasteiger partial charge in [0.2, 0.25) is 0 Å². The van der Waals surface area contributed by atoms with Crippen LogP contribution in [0, 0.1) is 0 Å². The van der Waals surface area contributed by atoms with Gasteiger partial charge in [0.05, 0.1) is 11.4 Å². The number of ether oxygens (including phenoxy) is 2. The van der Waals surface area contributed by atoms with Gasteiger partial charge in [-0.15, -0.1) is 0 Å². The Labute approximate surface area is 206 Å². The summed E-state index contributed by atoms with van der Waals surface area (Å²) in [4.78, 5) is 23.4. The minimum atomic E-state index is -0.494. The molecule has 0 fully saturated rings. The van der Waals surface area contributed by atoms with Crippen LogP contribution in [0.3, 0.4) is 0 Å². The molecule has 8 heteroatoms. The average molecular weight is 486 g/mol. The third-order valence-electron chi connectivity index (χ3n) is 4.46. The van der Waals surface area contributed by atoms with Crippen molar-refractivity contribution >= 4 is 35.2 Å². The fourth-order valence-corrected chi connectivity index (χ4v) is 3.60. The Hall–Kier alpha value is -2.87. The van der Waals surface area contributed by atoms with Gasteiger partial charge in [-0.1, -0.05) is 36.8 Å².